The summed E-state index contributed by atoms with van der Waals surface area (Å²) in [4.78, 5) is 35.2. The highest BCUT2D eigenvalue weighted by Gasteiger charge is 2.33. The van der Waals surface area contributed by atoms with Gasteiger partial charge in [0.1, 0.15) is 15.8 Å². The zero-order chi connectivity index (χ0) is 21.3. The first-order chi connectivity index (χ1) is 14.5. The number of thioether (sulfide) groups is 1. The van der Waals surface area contributed by atoms with Crippen LogP contribution in [0.25, 0.3) is 11.7 Å². The summed E-state index contributed by atoms with van der Waals surface area (Å²) in [6, 6.07) is 5.49. The molecule has 2 saturated heterocycles. The smallest absolute Gasteiger partial charge is 0.267 e. The quantitative estimate of drug-likeness (QED) is 0.519. The average Bonchev–Trinajstić information content (AvgIpc) is 3.01. The second-order valence-corrected chi connectivity index (χ2v) is 9.28. The molecule has 0 bridgehead atoms. The van der Waals surface area contributed by atoms with Crippen molar-refractivity contribution in [2.24, 2.45) is 5.92 Å². The van der Waals surface area contributed by atoms with Crippen LogP contribution in [-0.2, 0) is 9.53 Å². The Balaban J connectivity index is 1.81. The van der Waals surface area contributed by atoms with Crippen molar-refractivity contribution in [1.82, 2.24) is 14.3 Å². The van der Waals surface area contributed by atoms with Gasteiger partial charge in [-0.15, -0.1) is 0 Å². The molecule has 0 aliphatic carbocycles. The van der Waals surface area contributed by atoms with E-state index in [9.17, 15) is 9.59 Å². The van der Waals surface area contributed by atoms with Crippen LogP contribution in [0.1, 0.15) is 25.3 Å². The highest BCUT2D eigenvalue weighted by molar-refractivity contribution is 8.26. The van der Waals surface area contributed by atoms with Gasteiger partial charge >= 0.3 is 0 Å². The van der Waals surface area contributed by atoms with Crippen molar-refractivity contribution in [3.63, 3.8) is 0 Å². The van der Waals surface area contributed by atoms with Crippen molar-refractivity contribution in [1.29, 1.82) is 0 Å². The number of ether oxygens (including phenoxy) is 1. The van der Waals surface area contributed by atoms with E-state index < -0.39 is 0 Å². The maximum atomic E-state index is 13.4. The van der Waals surface area contributed by atoms with Crippen LogP contribution in [0.4, 0.5) is 5.82 Å². The van der Waals surface area contributed by atoms with Gasteiger partial charge in [-0.3, -0.25) is 18.9 Å². The van der Waals surface area contributed by atoms with Crippen LogP contribution >= 0.6 is 24.0 Å². The number of anilines is 1. The number of methoxy groups -OCH3 is 1. The molecule has 1 atom stereocenters. The van der Waals surface area contributed by atoms with Crippen LogP contribution in [0, 0.1) is 5.92 Å². The van der Waals surface area contributed by atoms with Crippen molar-refractivity contribution in [2.75, 3.05) is 38.3 Å². The summed E-state index contributed by atoms with van der Waals surface area (Å²) in [7, 11) is 1.58. The summed E-state index contributed by atoms with van der Waals surface area (Å²) in [5, 5.41) is 0. The zero-order valence-electron chi connectivity index (χ0n) is 17.0. The lowest BCUT2D eigenvalue weighted by Crippen LogP contribution is -2.37. The molecule has 0 spiro atoms. The zero-order valence-corrected chi connectivity index (χ0v) is 18.7. The summed E-state index contributed by atoms with van der Waals surface area (Å²) in [5.74, 6) is 0.965. The molecule has 0 radical (unpaired) electrons. The highest BCUT2D eigenvalue weighted by atomic mass is 32.2. The average molecular weight is 445 g/mol. The molecule has 1 unspecified atom stereocenters. The summed E-state index contributed by atoms with van der Waals surface area (Å²) < 4.78 is 7.08. The van der Waals surface area contributed by atoms with Crippen LogP contribution in [0.3, 0.4) is 0 Å². The first-order valence-corrected chi connectivity index (χ1v) is 11.2. The van der Waals surface area contributed by atoms with Gasteiger partial charge in [-0.1, -0.05) is 37.0 Å². The summed E-state index contributed by atoms with van der Waals surface area (Å²) in [5.41, 5.74) is 0.844. The van der Waals surface area contributed by atoms with Crippen LogP contribution in [0.15, 0.2) is 34.1 Å². The number of pyridine rings is 1. The first kappa shape index (κ1) is 21.0. The minimum Gasteiger partial charge on any atom is -0.383 e. The fourth-order valence-corrected chi connectivity index (χ4v) is 5.14. The molecule has 0 N–H and O–H groups in total. The van der Waals surface area contributed by atoms with E-state index in [2.05, 4.69) is 11.8 Å². The van der Waals surface area contributed by atoms with E-state index in [1.807, 2.05) is 12.1 Å². The molecule has 2 aliphatic heterocycles. The number of carbonyl (C=O) groups excluding carboxylic acids is 1. The summed E-state index contributed by atoms with van der Waals surface area (Å²) in [6.07, 6.45) is 5.58. The molecule has 30 heavy (non-hydrogen) atoms. The van der Waals surface area contributed by atoms with E-state index in [4.69, 9.17) is 21.9 Å². The molecule has 158 valence electrons. The SMILES string of the molecule is COCCN1C(=O)/C(=C\c2c(N3CCCC(C)C3)nc3ccccn3c2=O)SC1=S. The lowest BCUT2D eigenvalue weighted by molar-refractivity contribution is -0.122. The molecule has 4 rings (SSSR count). The van der Waals surface area contributed by atoms with Gasteiger partial charge in [-0.2, -0.15) is 0 Å². The molecule has 2 aromatic heterocycles. The maximum absolute atomic E-state index is 13.4. The predicted octanol–water partition coefficient (Wildman–Crippen LogP) is 2.78. The monoisotopic (exact) mass is 444 g/mol. The Hall–Kier alpha value is -2.23. The third kappa shape index (κ3) is 4.01. The Labute approximate surface area is 184 Å². The minimum atomic E-state index is -0.197. The molecule has 4 heterocycles. The number of aromatic nitrogens is 2. The van der Waals surface area contributed by atoms with E-state index in [0.717, 1.165) is 25.9 Å². The number of hydrogen-bond acceptors (Lipinski definition) is 7. The second kappa shape index (κ2) is 8.87. The summed E-state index contributed by atoms with van der Waals surface area (Å²) in [6.45, 7) is 4.68. The Morgan fingerprint density at radius 1 is 1.37 bits per heavy atom. The number of fused-ring (bicyclic) bond motifs is 1. The van der Waals surface area contributed by atoms with E-state index in [1.165, 1.54) is 21.1 Å². The topological polar surface area (TPSA) is 67.2 Å². The third-order valence-corrected chi connectivity index (χ3v) is 6.75. The van der Waals surface area contributed by atoms with Gasteiger partial charge in [0.05, 0.1) is 23.6 Å². The number of carbonyl (C=O) groups is 1. The van der Waals surface area contributed by atoms with E-state index >= 15 is 0 Å². The third-order valence-electron chi connectivity index (χ3n) is 5.37. The van der Waals surface area contributed by atoms with Crippen LogP contribution in [0.5, 0.6) is 0 Å². The van der Waals surface area contributed by atoms with Crippen molar-refractivity contribution in [2.45, 2.75) is 19.8 Å². The van der Waals surface area contributed by atoms with Crippen molar-refractivity contribution in [3.8, 4) is 0 Å². The van der Waals surface area contributed by atoms with Crippen LogP contribution in [-0.4, -0.2) is 57.9 Å². The molecule has 2 aliphatic rings. The number of thiocarbonyl (C=S) groups is 1. The van der Waals surface area contributed by atoms with Crippen LogP contribution < -0.4 is 10.5 Å². The van der Waals surface area contributed by atoms with Crippen molar-refractivity contribution >= 4 is 51.7 Å². The van der Waals surface area contributed by atoms with E-state index in [0.29, 0.717) is 45.3 Å². The number of amides is 1. The number of nitrogens with zero attached hydrogens (tertiary/aromatic N) is 4. The molecule has 0 saturated carbocycles. The molecular formula is C21H24N4O3S2. The second-order valence-electron chi connectivity index (χ2n) is 7.60. The molecular weight excluding hydrogens is 420 g/mol. The largest absolute Gasteiger partial charge is 0.383 e. The Bertz CT molecular complexity index is 1080. The first-order valence-electron chi connectivity index (χ1n) is 10.00. The van der Waals surface area contributed by atoms with Crippen LogP contribution in [0.2, 0.25) is 0 Å². The standard InChI is InChI=1S/C21H24N4O3S2/c1-14-6-5-8-23(13-14)18-15(19(26)24-9-4-3-7-17(24)22-18)12-16-20(27)25(10-11-28-2)21(29)30-16/h3-4,7,9,12,14H,5-6,8,10-11,13H2,1-2H3/b16-12+. The molecule has 9 heteroatoms. The van der Waals surface area contributed by atoms with Crippen molar-refractivity contribution in [3.05, 3.63) is 45.2 Å². The van der Waals surface area contributed by atoms with E-state index in [1.54, 1.807) is 25.4 Å². The van der Waals surface area contributed by atoms with Gasteiger partial charge in [0.25, 0.3) is 11.5 Å². The van der Waals surface area contributed by atoms with E-state index in [-0.39, 0.29) is 11.5 Å². The number of piperidine rings is 1. The van der Waals surface area contributed by atoms with Gasteiger partial charge in [-0.25, -0.2) is 4.98 Å². The van der Waals surface area contributed by atoms with Gasteiger partial charge in [0.2, 0.25) is 0 Å². The van der Waals surface area contributed by atoms with Crippen molar-refractivity contribution < 1.29 is 9.53 Å². The van der Waals surface area contributed by atoms with Gasteiger partial charge in [0.15, 0.2) is 0 Å². The molecule has 2 aromatic rings. The lowest BCUT2D eigenvalue weighted by Gasteiger charge is -2.32. The molecule has 1 amide bonds. The lowest BCUT2D eigenvalue weighted by atomic mass is 10.00. The highest BCUT2D eigenvalue weighted by Crippen LogP contribution is 2.34. The molecule has 0 aromatic carbocycles. The fraction of sp³-hybridized carbons (Fsp3) is 0.429. The molecule has 2 fully saturated rings. The normalized spacial score (nSPS) is 21.3. The van der Waals surface area contributed by atoms with Gasteiger partial charge < -0.3 is 9.64 Å². The Kier molecular flexibility index (Phi) is 6.21. The fourth-order valence-electron chi connectivity index (χ4n) is 3.85. The van der Waals surface area contributed by atoms with Gasteiger partial charge in [0, 0.05) is 26.4 Å². The van der Waals surface area contributed by atoms with Gasteiger partial charge in [-0.05, 0) is 37.0 Å². The summed E-state index contributed by atoms with van der Waals surface area (Å²) >= 11 is 6.59. The predicted molar refractivity (Wildman–Crippen MR) is 124 cm³/mol. The Morgan fingerprint density at radius 2 is 2.20 bits per heavy atom. The molecule has 7 nitrogen and oxygen atoms in total. The number of rotatable bonds is 5. The minimum absolute atomic E-state index is 0.184. The number of hydrogen-bond donors (Lipinski definition) is 0. The maximum Gasteiger partial charge on any atom is 0.267 e. The Morgan fingerprint density at radius 3 is 2.97 bits per heavy atom.